The topological polar surface area (TPSA) is 67.2 Å². The van der Waals surface area contributed by atoms with Crippen molar-refractivity contribution >= 4 is 17.5 Å². The molecule has 0 saturated carbocycles. The fourth-order valence-corrected chi connectivity index (χ4v) is 1.64. The number of nitrogens with zero attached hydrogens (tertiary/aromatic N) is 1. The maximum atomic E-state index is 11.8. The summed E-state index contributed by atoms with van der Waals surface area (Å²) in [4.78, 5) is 11.8. The Kier molecular flexibility index (Phi) is 4.20. The standard InChI is InChI=1S/C15H17N3O2/c1-10(16-15-11(2)12(3)18-20-15)9-14(19)17-13-7-5-4-6-8-13/h4-9,16H,1-3H3,(H,17,19)/b10-9+. The molecule has 0 spiro atoms. The Morgan fingerprint density at radius 2 is 1.90 bits per heavy atom. The van der Waals surface area contributed by atoms with Crippen LogP contribution in [0, 0.1) is 13.8 Å². The predicted octanol–water partition coefficient (Wildman–Crippen LogP) is 3.25. The number of benzene rings is 1. The molecule has 5 nitrogen and oxygen atoms in total. The lowest BCUT2D eigenvalue weighted by molar-refractivity contribution is -0.111. The van der Waals surface area contributed by atoms with E-state index in [0.717, 1.165) is 16.9 Å². The number of amides is 1. The highest BCUT2D eigenvalue weighted by Crippen LogP contribution is 2.19. The van der Waals surface area contributed by atoms with Crippen LogP contribution in [0.2, 0.25) is 0 Å². The molecule has 0 bridgehead atoms. The summed E-state index contributed by atoms with van der Waals surface area (Å²) < 4.78 is 5.13. The summed E-state index contributed by atoms with van der Waals surface area (Å²) in [5.41, 5.74) is 3.20. The van der Waals surface area contributed by atoms with Gasteiger partial charge in [-0.3, -0.25) is 4.79 Å². The summed E-state index contributed by atoms with van der Waals surface area (Å²) in [6, 6.07) is 9.29. The van der Waals surface area contributed by atoms with E-state index in [0.29, 0.717) is 11.6 Å². The van der Waals surface area contributed by atoms with Crippen molar-refractivity contribution in [3.63, 3.8) is 0 Å². The second-order valence-corrected chi connectivity index (χ2v) is 4.53. The summed E-state index contributed by atoms with van der Waals surface area (Å²) >= 11 is 0. The SMILES string of the molecule is C/C(=C\C(=O)Nc1ccccc1)Nc1onc(C)c1C. The molecular formula is C15H17N3O2. The van der Waals surface area contributed by atoms with Gasteiger partial charge in [-0.2, -0.15) is 0 Å². The highest BCUT2D eigenvalue weighted by Gasteiger charge is 2.08. The van der Waals surface area contributed by atoms with E-state index >= 15 is 0 Å². The number of aryl methyl sites for hydroxylation is 1. The lowest BCUT2D eigenvalue weighted by Crippen LogP contribution is -2.10. The first kappa shape index (κ1) is 13.9. The van der Waals surface area contributed by atoms with Crippen LogP contribution in [0.1, 0.15) is 18.2 Å². The number of hydrogen-bond acceptors (Lipinski definition) is 4. The van der Waals surface area contributed by atoms with Crippen LogP contribution in [0.3, 0.4) is 0 Å². The van der Waals surface area contributed by atoms with Crippen molar-refractivity contribution in [2.24, 2.45) is 0 Å². The third-order valence-corrected chi connectivity index (χ3v) is 2.86. The third-order valence-electron chi connectivity index (χ3n) is 2.86. The van der Waals surface area contributed by atoms with Gasteiger partial charge in [-0.15, -0.1) is 0 Å². The third kappa shape index (κ3) is 3.47. The molecule has 2 aromatic rings. The molecule has 2 rings (SSSR count). The van der Waals surface area contributed by atoms with Crippen LogP contribution in [0.5, 0.6) is 0 Å². The highest BCUT2D eigenvalue weighted by molar-refractivity contribution is 5.99. The van der Waals surface area contributed by atoms with E-state index in [4.69, 9.17) is 4.52 Å². The molecule has 0 radical (unpaired) electrons. The van der Waals surface area contributed by atoms with Gasteiger partial charge in [0, 0.05) is 23.0 Å². The molecule has 20 heavy (non-hydrogen) atoms. The molecule has 0 fully saturated rings. The molecule has 104 valence electrons. The molecular weight excluding hydrogens is 254 g/mol. The smallest absolute Gasteiger partial charge is 0.250 e. The first-order chi connectivity index (χ1) is 9.56. The van der Waals surface area contributed by atoms with Crippen LogP contribution < -0.4 is 10.6 Å². The summed E-state index contributed by atoms with van der Waals surface area (Å²) in [5.74, 6) is 0.360. The minimum Gasteiger partial charge on any atom is -0.338 e. The van der Waals surface area contributed by atoms with E-state index in [1.807, 2.05) is 44.2 Å². The number of carbonyl (C=O) groups is 1. The van der Waals surface area contributed by atoms with E-state index in [1.54, 1.807) is 6.92 Å². The maximum Gasteiger partial charge on any atom is 0.250 e. The zero-order valence-electron chi connectivity index (χ0n) is 11.7. The van der Waals surface area contributed by atoms with Crippen molar-refractivity contribution < 1.29 is 9.32 Å². The Morgan fingerprint density at radius 1 is 1.20 bits per heavy atom. The minimum absolute atomic E-state index is 0.199. The summed E-state index contributed by atoms with van der Waals surface area (Å²) in [5, 5.41) is 9.65. The van der Waals surface area contributed by atoms with Gasteiger partial charge in [0.05, 0.1) is 5.69 Å². The van der Waals surface area contributed by atoms with E-state index in [9.17, 15) is 4.79 Å². The molecule has 0 unspecified atom stereocenters. The van der Waals surface area contributed by atoms with Crippen LogP contribution in [0.4, 0.5) is 11.6 Å². The molecule has 1 aromatic carbocycles. The van der Waals surface area contributed by atoms with Gasteiger partial charge in [-0.25, -0.2) is 0 Å². The monoisotopic (exact) mass is 271 g/mol. The number of allylic oxidation sites excluding steroid dienone is 1. The lowest BCUT2D eigenvalue weighted by Gasteiger charge is -2.05. The van der Waals surface area contributed by atoms with Gasteiger partial charge in [0.2, 0.25) is 11.8 Å². The molecule has 0 atom stereocenters. The Labute approximate surface area is 117 Å². The predicted molar refractivity (Wildman–Crippen MR) is 78.4 cm³/mol. The van der Waals surface area contributed by atoms with Crippen LogP contribution in [-0.4, -0.2) is 11.1 Å². The van der Waals surface area contributed by atoms with Crippen LogP contribution in [-0.2, 0) is 4.79 Å². The molecule has 1 heterocycles. The first-order valence-corrected chi connectivity index (χ1v) is 6.30. The fourth-order valence-electron chi connectivity index (χ4n) is 1.64. The van der Waals surface area contributed by atoms with E-state index in [2.05, 4.69) is 15.8 Å². The Hall–Kier alpha value is -2.56. The van der Waals surface area contributed by atoms with Crippen LogP contribution >= 0.6 is 0 Å². The number of anilines is 2. The van der Waals surface area contributed by atoms with Gasteiger partial charge < -0.3 is 15.2 Å². The van der Waals surface area contributed by atoms with Gasteiger partial charge >= 0.3 is 0 Å². The van der Waals surface area contributed by atoms with Gasteiger partial charge in [0.25, 0.3) is 0 Å². The second-order valence-electron chi connectivity index (χ2n) is 4.53. The molecule has 0 aliphatic rings. The molecule has 5 heteroatoms. The van der Waals surface area contributed by atoms with Gasteiger partial charge in [-0.05, 0) is 32.9 Å². The Morgan fingerprint density at radius 3 is 2.50 bits per heavy atom. The van der Waals surface area contributed by atoms with Crippen molar-refractivity contribution in [2.45, 2.75) is 20.8 Å². The maximum absolute atomic E-state index is 11.8. The van der Waals surface area contributed by atoms with E-state index in [1.165, 1.54) is 6.08 Å². The van der Waals surface area contributed by atoms with E-state index in [-0.39, 0.29) is 5.91 Å². The first-order valence-electron chi connectivity index (χ1n) is 6.30. The van der Waals surface area contributed by atoms with Crippen molar-refractivity contribution in [1.82, 2.24) is 5.16 Å². The van der Waals surface area contributed by atoms with Gasteiger partial charge in [-0.1, -0.05) is 23.4 Å². The van der Waals surface area contributed by atoms with Crippen molar-refractivity contribution in [3.8, 4) is 0 Å². The number of para-hydroxylation sites is 1. The minimum atomic E-state index is -0.199. The zero-order chi connectivity index (χ0) is 14.5. The Balaban J connectivity index is 2.00. The van der Waals surface area contributed by atoms with E-state index < -0.39 is 0 Å². The molecule has 0 aliphatic carbocycles. The average molecular weight is 271 g/mol. The quantitative estimate of drug-likeness (QED) is 0.838. The second kappa shape index (κ2) is 6.06. The highest BCUT2D eigenvalue weighted by atomic mass is 16.5. The zero-order valence-corrected chi connectivity index (χ0v) is 11.7. The van der Waals surface area contributed by atoms with Crippen molar-refractivity contribution in [3.05, 3.63) is 53.4 Å². The molecule has 2 N–H and O–H groups in total. The summed E-state index contributed by atoms with van der Waals surface area (Å²) in [6.07, 6.45) is 1.48. The lowest BCUT2D eigenvalue weighted by atomic mass is 10.3. The van der Waals surface area contributed by atoms with Gasteiger partial charge in [0.15, 0.2) is 0 Å². The summed E-state index contributed by atoms with van der Waals surface area (Å²) in [7, 11) is 0. The number of rotatable bonds is 4. The fraction of sp³-hybridized carbons (Fsp3) is 0.200. The molecule has 1 aromatic heterocycles. The number of aromatic nitrogens is 1. The average Bonchev–Trinajstić information content (AvgIpc) is 2.71. The van der Waals surface area contributed by atoms with Gasteiger partial charge in [0.1, 0.15) is 0 Å². The summed E-state index contributed by atoms with van der Waals surface area (Å²) in [6.45, 7) is 5.57. The normalized spacial score (nSPS) is 11.2. The Bertz CT molecular complexity index is 630. The number of hydrogen-bond donors (Lipinski definition) is 2. The van der Waals surface area contributed by atoms with Crippen LogP contribution in [0.15, 0.2) is 46.6 Å². The number of nitrogens with one attached hydrogen (secondary N) is 2. The van der Waals surface area contributed by atoms with Crippen molar-refractivity contribution in [1.29, 1.82) is 0 Å². The van der Waals surface area contributed by atoms with Crippen molar-refractivity contribution in [2.75, 3.05) is 10.6 Å². The van der Waals surface area contributed by atoms with Crippen LogP contribution in [0.25, 0.3) is 0 Å². The molecule has 1 amide bonds. The molecule has 0 saturated heterocycles. The largest absolute Gasteiger partial charge is 0.338 e. The molecule has 0 aliphatic heterocycles. The number of carbonyl (C=O) groups excluding carboxylic acids is 1.